The molecule has 2 aromatic rings. The minimum absolute atomic E-state index is 0.0939. The minimum atomic E-state index is -3.58. The van der Waals surface area contributed by atoms with Crippen LogP contribution in [-0.2, 0) is 10.0 Å². The molecule has 0 unspecified atom stereocenters. The lowest BCUT2D eigenvalue weighted by Crippen LogP contribution is -2.26. The van der Waals surface area contributed by atoms with Crippen LogP contribution >= 0.6 is 0 Å². The van der Waals surface area contributed by atoms with E-state index in [0.717, 1.165) is 0 Å². The highest BCUT2D eigenvalue weighted by molar-refractivity contribution is 7.89. The molecule has 1 aromatic heterocycles. The van der Waals surface area contributed by atoms with E-state index in [2.05, 4.69) is 11.6 Å². The van der Waals surface area contributed by atoms with Gasteiger partial charge in [0.05, 0.1) is 10.4 Å². The molecule has 0 saturated carbocycles. The third kappa shape index (κ3) is 2.09. The molecule has 1 N–H and O–H groups in total. The number of aromatic nitrogens is 1. The van der Waals surface area contributed by atoms with Crippen molar-refractivity contribution in [1.82, 2.24) is 9.29 Å². The maximum absolute atomic E-state index is 12.1. The third-order valence-electron chi connectivity index (χ3n) is 2.48. The van der Waals surface area contributed by atoms with E-state index < -0.39 is 15.8 Å². The molecule has 0 spiro atoms. The summed E-state index contributed by atoms with van der Waals surface area (Å²) in [5.41, 5.74) is 0.679. The summed E-state index contributed by atoms with van der Waals surface area (Å²) in [5.74, 6) is -0.612. The highest BCUT2D eigenvalue weighted by Gasteiger charge is 2.20. The van der Waals surface area contributed by atoms with Crippen LogP contribution in [0.5, 0.6) is 0 Å². The first-order valence-corrected chi connectivity index (χ1v) is 6.59. The van der Waals surface area contributed by atoms with Gasteiger partial charge in [-0.2, -0.15) is 4.31 Å². The molecule has 0 bridgehead atoms. The van der Waals surface area contributed by atoms with Gasteiger partial charge in [0, 0.05) is 13.6 Å². The molecule has 0 fully saturated rings. The summed E-state index contributed by atoms with van der Waals surface area (Å²) in [4.78, 5) is 13.5. The molecule has 0 amide bonds. The molecule has 1 aromatic carbocycles. The molecule has 0 aliphatic carbocycles. The smallest absolute Gasteiger partial charge is 0.408 e. The molecule has 0 radical (unpaired) electrons. The van der Waals surface area contributed by atoms with Crippen molar-refractivity contribution in [3.63, 3.8) is 0 Å². The van der Waals surface area contributed by atoms with Crippen LogP contribution < -0.4 is 5.76 Å². The van der Waals surface area contributed by atoms with Crippen molar-refractivity contribution in [3.05, 3.63) is 41.4 Å². The Bertz CT molecular complexity index is 742. The Morgan fingerprint density at radius 2 is 2.22 bits per heavy atom. The molecule has 0 saturated heterocycles. The number of hydrogen-bond donors (Lipinski definition) is 1. The molecule has 1 heterocycles. The van der Waals surface area contributed by atoms with Crippen molar-refractivity contribution in [2.24, 2.45) is 0 Å². The van der Waals surface area contributed by atoms with Gasteiger partial charge in [-0.1, -0.05) is 6.08 Å². The first kappa shape index (κ1) is 12.6. The molecule has 6 nitrogen and oxygen atoms in total. The first-order valence-electron chi connectivity index (χ1n) is 5.15. The Morgan fingerprint density at radius 3 is 2.89 bits per heavy atom. The van der Waals surface area contributed by atoms with E-state index in [1.54, 1.807) is 0 Å². The summed E-state index contributed by atoms with van der Waals surface area (Å²) in [6.45, 7) is 3.70. The van der Waals surface area contributed by atoms with Crippen molar-refractivity contribution in [2.75, 3.05) is 13.6 Å². The van der Waals surface area contributed by atoms with Crippen LogP contribution in [0.1, 0.15) is 0 Å². The maximum atomic E-state index is 12.1. The Labute approximate surface area is 104 Å². The van der Waals surface area contributed by atoms with E-state index in [1.165, 1.54) is 35.6 Å². The second-order valence-electron chi connectivity index (χ2n) is 3.75. The average Bonchev–Trinajstić information content (AvgIpc) is 2.68. The van der Waals surface area contributed by atoms with E-state index in [-0.39, 0.29) is 11.4 Å². The number of hydrogen-bond acceptors (Lipinski definition) is 4. The Morgan fingerprint density at radius 1 is 1.50 bits per heavy atom. The quantitative estimate of drug-likeness (QED) is 0.836. The normalized spacial score (nSPS) is 12.1. The topological polar surface area (TPSA) is 83.4 Å². The SMILES string of the molecule is C=CCN(C)S(=O)(=O)c1ccc2oc(=O)[nH]c2c1. The summed E-state index contributed by atoms with van der Waals surface area (Å²) in [6.07, 6.45) is 1.50. The van der Waals surface area contributed by atoms with Gasteiger partial charge in [-0.15, -0.1) is 6.58 Å². The number of benzene rings is 1. The second kappa shape index (κ2) is 4.43. The Balaban J connectivity index is 2.53. The van der Waals surface area contributed by atoms with Crippen molar-refractivity contribution >= 4 is 21.1 Å². The lowest BCUT2D eigenvalue weighted by molar-refractivity contribution is 0.499. The van der Waals surface area contributed by atoms with E-state index >= 15 is 0 Å². The van der Waals surface area contributed by atoms with E-state index in [0.29, 0.717) is 11.1 Å². The lowest BCUT2D eigenvalue weighted by Gasteiger charge is -2.14. The van der Waals surface area contributed by atoms with E-state index in [9.17, 15) is 13.2 Å². The molecule has 2 rings (SSSR count). The molecule has 0 aliphatic rings. The van der Waals surface area contributed by atoms with Crippen LogP contribution in [0.25, 0.3) is 11.1 Å². The van der Waals surface area contributed by atoms with Crippen LogP contribution in [0.2, 0.25) is 0 Å². The van der Waals surface area contributed by atoms with Gasteiger partial charge in [-0.05, 0) is 18.2 Å². The Kier molecular flexibility index (Phi) is 3.10. The number of nitrogens with one attached hydrogen (secondary N) is 1. The lowest BCUT2D eigenvalue weighted by atomic mass is 10.3. The van der Waals surface area contributed by atoms with Gasteiger partial charge in [0.2, 0.25) is 10.0 Å². The van der Waals surface area contributed by atoms with Crippen LogP contribution in [0.4, 0.5) is 0 Å². The number of fused-ring (bicyclic) bond motifs is 1. The fourth-order valence-electron chi connectivity index (χ4n) is 1.55. The van der Waals surface area contributed by atoms with Gasteiger partial charge >= 0.3 is 5.76 Å². The average molecular weight is 268 g/mol. The fraction of sp³-hybridized carbons (Fsp3) is 0.182. The predicted molar refractivity (Wildman–Crippen MR) is 66.8 cm³/mol. The van der Waals surface area contributed by atoms with Gasteiger partial charge in [-0.3, -0.25) is 4.98 Å². The molecule has 0 atom stereocenters. The number of rotatable bonds is 4. The predicted octanol–water partition coefficient (Wildman–Crippen LogP) is 0.928. The van der Waals surface area contributed by atoms with E-state index in [1.807, 2.05) is 0 Å². The number of aromatic amines is 1. The summed E-state index contributed by atoms with van der Waals surface area (Å²) in [7, 11) is -2.13. The van der Waals surface area contributed by atoms with Crippen LogP contribution in [0.15, 0.2) is 45.0 Å². The Hall–Kier alpha value is -1.86. The number of oxazole rings is 1. The van der Waals surface area contributed by atoms with E-state index in [4.69, 9.17) is 4.42 Å². The third-order valence-corrected chi connectivity index (χ3v) is 4.30. The molecule has 7 heteroatoms. The summed E-state index contributed by atoms with van der Waals surface area (Å²) < 4.78 is 30.2. The highest BCUT2D eigenvalue weighted by atomic mass is 32.2. The zero-order valence-electron chi connectivity index (χ0n) is 9.71. The van der Waals surface area contributed by atoms with Gasteiger partial charge in [0.15, 0.2) is 5.58 Å². The molecule has 0 aliphatic heterocycles. The molecule has 18 heavy (non-hydrogen) atoms. The second-order valence-corrected chi connectivity index (χ2v) is 5.79. The van der Waals surface area contributed by atoms with Crippen LogP contribution in [0, 0.1) is 0 Å². The number of H-pyrrole nitrogens is 1. The minimum Gasteiger partial charge on any atom is -0.408 e. The van der Waals surface area contributed by atoms with Crippen molar-refractivity contribution in [1.29, 1.82) is 0 Å². The van der Waals surface area contributed by atoms with Gasteiger partial charge in [0.1, 0.15) is 0 Å². The number of sulfonamides is 1. The summed E-state index contributed by atoms with van der Waals surface area (Å²) >= 11 is 0. The molecular weight excluding hydrogens is 256 g/mol. The highest BCUT2D eigenvalue weighted by Crippen LogP contribution is 2.19. The van der Waals surface area contributed by atoms with Gasteiger partial charge < -0.3 is 4.42 Å². The van der Waals surface area contributed by atoms with Crippen molar-refractivity contribution in [2.45, 2.75) is 4.90 Å². The standard InChI is InChI=1S/C11H12N2O4S/c1-3-6-13(2)18(15,16)8-4-5-10-9(7-8)12-11(14)17-10/h3-5,7H,1,6H2,2H3,(H,12,14). The first-order chi connectivity index (χ1) is 8.45. The number of nitrogens with zero attached hydrogens (tertiary/aromatic N) is 1. The number of likely N-dealkylation sites (N-methyl/N-ethyl adjacent to an activating group) is 1. The summed E-state index contributed by atoms with van der Waals surface area (Å²) in [6, 6.07) is 4.21. The van der Waals surface area contributed by atoms with Crippen molar-refractivity contribution < 1.29 is 12.8 Å². The van der Waals surface area contributed by atoms with Crippen molar-refractivity contribution in [3.8, 4) is 0 Å². The summed E-state index contributed by atoms with van der Waals surface area (Å²) in [5, 5.41) is 0. The molecule has 96 valence electrons. The fourth-order valence-corrected chi connectivity index (χ4v) is 2.72. The largest absolute Gasteiger partial charge is 0.417 e. The zero-order chi connectivity index (χ0) is 13.3. The zero-order valence-corrected chi connectivity index (χ0v) is 10.5. The monoisotopic (exact) mass is 268 g/mol. The van der Waals surface area contributed by atoms with Gasteiger partial charge in [-0.25, -0.2) is 13.2 Å². The van der Waals surface area contributed by atoms with Crippen LogP contribution in [-0.4, -0.2) is 31.3 Å². The van der Waals surface area contributed by atoms with Gasteiger partial charge in [0.25, 0.3) is 0 Å². The molecular formula is C11H12N2O4S. The van der Waals surface area contributed by atoms with Crippen LogP contribution in [0.3, 0.4) is 0 Å². The maximum Gasteiger partial charge on any atom is 0.417 e.